The highest BCUT2D eigenvalue weighted by Gasteiger charge is 2.35. The first-order valence-corrected chi connectivity index (χ1v) is 5.44. The van der Waals surface area contributed by atoms with E-state index in [1.165, 1.54) is 32.2 Å². The summed E-state index contributed by atoms with van der Waals surface area (Å²) in [5, 5.41) is 8.66. The van der Waals surface area contributed by atoms with Crippen LogP contribution in [-0.2, 0) is 0 Å². The third kappa shape index (κ3) is 2.45. The summed E-state index contributed by atoms with van der Waals surface area (Å²) in [6, 6.07) is 3.59. The summed E-state index contributed by atoms with van der Waals surface area (Å²) >= 11 is 0. The van der Waals surface area contributed by atoms with Crippen molar-refractivity contribution in [1.29, 1.82) is 5.26 Å². The van der Waals surface area contributed by atoms with Crippen LogP contribution in [0.4, 0.5) is 0 Å². The van der Waals surface area contributed by atoms with Crippen LogP contribution in [0.25, 0.3) is 0 Å². The number of hydrogen-bond donors (Lipinski definition) is 0. The first kappa shape index (κ1) is 9.02. The second kappa shape index (κ2) is 3.67. The quantitative estimate of drug-likeness (QED) is 0.645. The van der Waals surface area contributed by atoms with Gasteiger partial charge in [-0.15, -0.1) is 0 Å². The van der Waals surface area contributed by atoms with Gasteiger partial charge in [0.2, 0.25) is 0 Å². The third-order valence-corrected chi connectivity index (χ3v) is 3.13. The van der Waals surface area contributed by atoms with Gasteiger partial charge in [-0.05, 0) is 38.5 Å². The Balaban J connectivity index is 1.83. The zero-order valence-electron chi connectivity index (χ0n) is 8.37. The maximum absolute atomic E-state index is 8.66. The molecule has 1 unspecified atom stereocenters. The van der Waals surface area contributed by atoms with Gasteiger partial charge < -0.3 is 0 Å². The number of rotatable bonds is 5. The summed E-state index contributed by atoms with van der Waals surface area (Å²) in [4.78, 5) is 2.57. The molecule has 0 aromatic rings. The van der Waals surface area contributed by atoms with E-state index >= 15 is 0 Å². The first-order valence-electron chi connectivity index (χ1n) is 5.44. The lowest BCUT2D eigenvalue weighted by molar-refractivity contribution is 0.192. The van der Waals surface area contributed by atoms with E-state index in [0.717, 1.165) is 12.0 Å². The van der Waals surface area contributed by atoms with E-state index < -0.39 is 0 Å². The smallest absolute Gasteiger partial charge is 0.0638 e. The zero-order valence-corrected chi connectivity index (χ0v) is 8.37. The van der Waals surface area contributed by atoms with Gasteiger partial charge in [0.05, 0.1) is 12.5 Å². The molecule has 72 valence electrons. The minimum Gasteiger partial charge on any atom is -0.296 e. The van der Waals surface area contributed by atoms with Crippen molar-refractivity contribution < 1.29 is 0 Å². The van der Waals surface area contributed by atoms with Gasteiger partial charge in [-0.2, -0.15) is 5.26 Å². The van der Waals surface area contributed by atoms with Crippen molar-refractivity contribution in [2.75, 3.05) is 6.54 Å². The summed E-state index contributed by atoms with van der Waals surface area (Å²) in [5.74, 6) is 0.960. The lowest BCUT2D eigenvalue weighted by atomic mass is 10.2. The van der Waals surface area contributed by atoms with E-state index in [2.05, 4.69) is 17.9 Å². The summed E-state index contributed by atoms with van der Waals surface area (Å²) in [6.45, 7) is 3.46. The summed E-state index contributed by atoms with van der Waals surface area (Å²) < 4.78 is 0. The number of hydrogen-bond acceptors (Lipinski definition) is 2. The zero-order chi connectivity index (χ0) is 9.26. The summed E-state index contributed by atoms with van der Waals surface area (Å²) in [6.07, 6.45) is 6.26. The Morgan fingerprint density at radius 3 is 2.54 bits per heavy atom. The highest BCUT2D eigenvalue weighted by atomic mass is 15.2. The lowest BCUT2D eigenvalue weighted by Gasteiger charge is -2.27. The summed E-state index contributed by atoms with van der Waals surface area (Å²) in [5.41, 5.74) is 0. The molecule has 0 spiro atoms. The molecule has 0 N–H and O–H groups in total. The van der Waals surface area contributed by atoms with Gasteiger partial charge in [0.1, 0.15) is 0 Å². The first-order chi connectivity index (χ1) is 6.31. The fraction of sp³-hybridized carbons (Fsp3) is 0.909. The van der Waals surface area contributed by atoms with Crippen LogP contribution in [0, 0.1) is 17.2 Å². The Labute approximate surface area is 80.5 Å². The molecule has 0 radical (unpaired) electrons. The normalized spacial score (nSPS) is 24.4. The molecule has 0 aromatic carbocycles. The predicted molar refractivity (Wildman–Crippen MR) is 52.1 cm³/mol. The highest BCUT2D eigenvalue weighted by Crippen LogP contribution is 2.36. The molecule has 0 aromatic heterocycles. The SMILES string of the molecule is CC(CC#N)N(CC1CC1)C1CC1. The molecule has 2 saturated carbocycles. The third-order valence-electron chi connectivity index (χ3n) is 3.13. The molecule has 2 aliphatic carbocycles. The van der Waals surface area contributed by atoms with Crippen molar-refractivity contribution in [2.45, 2.75) is 51.1 Å². The van der Waals surface area contributed by atoms with Crippen LogP contribution in [0.2, 0.25) is 0 Å². The van der Waals surface area contributed by atoms with Gasteiger partial charge in [-0.1, -0.05) is 0 Å². The standard InChI is InChI=1S/C11H18N2/c1-9(6-7-12)13(11-4-5-11)8-10-2-3-10/h9-11H,2-6,8H2,1H3. The van der Waals surface area contributed by atoms with Crippen LogP contribution in [-0.4, -0.2) is 23.5 Å². The van der Waals surface area contributed by atoms with E-state index in [1.54, 1.807) is 0 Å². The van der Waals surface area contributed by atoms with Crippen molar-refractivity contribution in [2.24, 2.45) is 5.92 Å². The highest BCUT2D eigenvalue weighted by molar-refractivity contribution is 4.93. The van der Waals surface area contributed by atoms with Crippen molar-refractivity contribution >= 4 is 0 Å². The van der Waals surface area contributed by atoms with E-state index in [1.807, 2.05) is 0 Å². The maximum Gasteiger partial charge on any atom is 0.0638 e. The van der Waals surface area contributed by atoms with Gasteiger partial charge >= 0.3 is 0 Å². The molecule has 0 bridgehead atoms. The molecule has 0 saturated heterocycles. The molecule has 2 nitrogen and oxygen atoms in total. The Kier molecular flexibility index (Phi) is 2.55. The molecule has 1 atom stereocenters. The Morgan fingerprint density at radius 2 is 2.08 bits per heavy atom. The summed E-state index contributed by atoms with van der Waals surface area (Å²) in [7, 11) is 0. The molecular formula is C11H18N2. The van der Waals surface area contributed by atoms with E-state index in [-0.39, 0.29) is 0 Å². The van der Waals surface area contributed by atoms with Gasteiger partial charge in [-0.25, -0.2) is 0 Å². The fourth-order valence-corrected chi connectivity index (χ4v) is 1.94. The van der Waals surface area contributed by atoms with E-state index in [4.69, 9.17) is 5.26 Å². The van der Waals surface area contributed by atoms with Gasteiger partial charge in [0, 0.05) is 18.6 Å². The minimum atomic E-state index is 0.484. The fourth-order valence-electron chi connectivity index (χ4n) is 1.94. The number of nitriles is 1. The molecule has 13 heavy (non-hydrogen) atoms. The Hall–Kier alpha value is -0.550. The largest absolute Gasteiger partial charge is 0.296 e. The van der Waals surface area contributed by atoms with Crippen molar-refractivity contribution in [3.63, 3.8) is 0 Å². The van der Waals surface area contributed by atoms with E-state index in [0.29, 0.717) is 12.5 Å². The second-order valence-corrected chi connectivity index (χ2v) is 4.58. The minimum absolute atomic E-state index is 0.484. The number of nitrogens with zero attached hydrogens (tertiary/aromatic N) is 2. The van der Waals surface area contributed by atoms with Crippen LogP contribution < -0.4 is 0 Å². The Morgan fingerprint density at radius 1 is 1.38 bits per heavy atom. The van der Waals surface area contributed by atoms with Crippen LogP contribution in [0.15, 0.2) is 0 Å². The molecular weight excluding hydrogens is 160 g/mol. The monoisotopic (exact) mass is 178 g/mol. The molecule has 2 rings (SSSR count). The molecule has 0 amide bonds. The lowest BCUT2D eigenvalue weighted by Crippen LogP contribution is -2.36. The van der Waals surface area contributed by atoms with Crippen LogP contribution >= 0.6 is 0 Å². The van der Waals surface area contributed by atoms with E-state index in [9.17, 15) is 0 Å². The van der Waals surface area contributed by atoms with Crippen molar-refractivity contribution in [1.82, 2.24) is 4.90 Å². The molecule has 2 fully saturated rings. The average molecular weight is 178 g/mol. The van der Waals surface area contributed by atoms with Crippen LogP contribution in [0.5, 0.6) is 0 Å². The second-order valence-electron chi connectivity index (χ2n) is 4.58. The van der Waals surface area contributed by atoms with Gasteiger partial charge in [0.25, 0.3) is 0 Å². The molecule has 0 heterocycles. The van der Waals surface area contributed by atoms with Gasteiger partial charge in [-0.3, -0.25) is 4.90 Å². The van der Waals surface area contributed by atoms with Crippen molar-refractivity contribution in [3.05, 3.63) is 0 Å². The topological polar surface area (TPSA) is 27.0 Å². The van der Waals surface area contributed by atoms with Crippen LogP contribution in [0.1, 0.15) is 39.0 Å². The van der Waals surface area contributed by atoms with Crippen LogP contribution in [0.3, 0.4) is 0 Å². The Bertz CT molecular complexity index is 211. The van der Waals surface area contributed by atoms with Crippen molar-refractivity contribution in [3.8, 4) is 6.07 Å². The predicted octanol–water partition coefficient (Wildman–Crippen LogP) is 2.16. The maximum atomic E-state index is 8.66. The molecule has 2 heteroatoms. The molecule has 0 aliphatic heterocycles. The molecule has 2 aliphatic rings. The van der Waals surface area contributed by atoms with Gasteiger partial charge in [0.15, 0.2) is 0 Å². The average Bonchev–Trinajstić information content (AvgIpc) is 2.95.